The standard InChI is InChI=1S/C10H14BrNO/c1-7-2-9(3-7)12-5-8-4-10(11)13-6-8/h4,6-7,9,12H,2-3,5H2,1H3. The minimum atomic E-state index is 0.726. The molecule has 0 unspecified atom stereocenters. The highest BCUT2D eigenvalue weighted by molar-refractivity contribution is 9.10. The molecule has 1 fully saturated rings. The van der Waals surface area contributed by atoms with Gasteiger partial charge in [0, 0.05) is 18.2 Å². The quantitative estimate of drug-likeness (QED) is 0.884. The molecule has 1 aromatic heterocycles. The van der Waals surface area contributed by atoms with Crippen molar-refractivity contribution in [1.29, 1.82) is 0 Å². The molecule has 0 spiro atoms. The first-order chi connectivity index (χ1) is 6.24. The van der Waals surface area contributed by atoms with Crippen LogP contribution in [-0.2, 0) is 6.54 Å². The van der Waals surface area contributed by atoms with Gasteiger partial charge in [-0.2, -0.15) is 0 Å². The largest absolute Gasteiger partial charge is 0.457 e. The van der Waals surface area contributed by atoms with Crippen LogP contribution in [0.2, 0.25) is 0 Å². The van der Waals surface area contributed by atoms with Crippen molar-refractivity contribution in [3.8, 4) is 0 Å². The van der Waals surface area contributed by atoms with E-state index in [1.165, 1.54) is 18.4 Å². The summed E-state index contributed by atoms with van der Waals surface area (Å²) < 4.78 is 5.96. The van der Waals surface area contributed by atoms with Gasteiger partial charge < -0.3 is 9.73 Å². The molecule has 3 heteroatoms. The Balaban J connectivity index is 1.74. The Hall–Kier alpha value is -0.280. The number of furan rings is 1. The van der Waals surface area contributed by atoms with Crippen molar-refractivity contribution < 1.29 is 4.42 Å². The molecule has 13 heavy (non-hydrogen) atoms. The van der Waals surface area contributed by atoms with E-state index < -0.39 is 0 Å². The van der Waals surface area contributed by atoms with E-state index in [0.29, 0.717) is 0 Å². The van der Waals surface area contributed by atoms with Crippen molar-refractivity contribution in [2.24, 2.45) is 5.92 Å². The Morgan fingerprint density at radius 1 is 1.62 bits per heavy atom. The lowest BCUT2D eigenvalue weighted by Crippen LogP contribution is -2.39. The summed E-state index contributed by atoms with van der Waals surface area (Å²) in [6, 6.07) is 2.73. The molecule has 0 amide bonds. The molecule has 0 bridgehead atoms. The third kappa shape index (κ3) is 2.35. The second-order valence-corrected chi connectivity index (χ2v) is 4.70. The molecule has 72 valence electrons. The molecule has 0 atom stereocenters. The third-order valence-electron chi connectivity index (χ3n) is 2.59. The maximum absolute atomic E-state index is 5.15. The van der Waals surface area contributed by atoms with E-state index in [9.17, 15) is 0 Å². The lowest BCUT2D eigenvalue weighted by Gasteiger charge is -2.33. The zero-order chi connectivity index (χ0) is 9.26. The van der Waals surface area contributed by atoms with Crippen LogP contribution in [0.1, 0.15) is 25.3 Å². The molecule has 2 nitrogen and oxygen atoms in total. The molecule has 0 radical (unpaired) electrons. The highest BCUT2D eigenvalue weighted by Gasteiger charge is 2.24. The summed E-state index contributed by atoms with van der Waals surface area (Å²) in [6.45, 7) is 3.22. The molecule has 0 aromatic carbocycles. The van der Waals surface area contributed by atoms with Gasteiger partial charge in [0.2, 0.25) is 0 Å². The van der Waals surface area contributed by atoms with Crippen LogP contribution >= 0.6 is 15.9 Å². The maximum atomic E-state index is 5.15. The van der Waals surface area contributed by atoms with Crippen LogP contribution in [0, 0.1) is 5.92 Å². The molecule has 1 saturated carbocycles. The van der Waals surface area contributed by atoms with Gasteiger partial charge >= 0.3 is 0 Å². The summed E-state index contributed by atoms with van der Waals surface area (Å²) >= 11 is 3.29. The SMILES string of the molecule is CC1CC(NCc2coc(Br)c2)C1. The van der Waals surface area contributed by atoms with Crippen molar-refractivity contribution in [3.63, 3.8) is 0 Å². The Kier molecular flexibility index (Phi) is 2.74. The summed E-state index contributed by atoms with van der Waals surface area (Å²) in [5.74, 6) is 0.911. The van der Waals surface area contributed by atoms with Crippen LogP contribution in [0.5, 0.6) is 0 Å². The van der Waals surface area contributed by atoms with Crippen LogP contribution in [0.4, 0.5) is 0 Å². The van der Waals surface area contributed by atoms with E-state index in [4.69, 9.17) is 4.42 Å². The Bertz CT molecular complexity index is 278. The van der Waals surface area contributed by atoms with Gasteiger partial charge in [0.25, 0.3) is 0 Å². The zero-order valence-corrected chi connectivity index (χ0v) is 9.30. The summed E-state index contributed by atoms with van der Waals surface area (Å²) in [5, 5.41) is 3.50. The maximum Gasteiger partial charge on any atom is 0.169 e. The van der Waals surface area contributed by atoms with E-state index >= 15 is 0 Å². The molecular formula is C10H14BrNO. The van der Waals surface area contributed by atoms with Gasteiger partial charge in [-0.05, 0) is 40.8 Å². The van der Waals surface area contributed by atoms with Crippen molar-refractivity contribution in [1.82, 2.24) is 5.32 Å². The number of hydrogen-bond donors (Lipinski definition) is 1. The monoisotopic (exact) mass is 243 g/mol. The fourth-order valence-electron chi connectivity index (χ4n) is 1.77. The lowest BCUT2D eigenvalue weighted by atomic mass is 9.82. The molecule has 1 heterocycles. The third-order valence-corrected chi connectivity index (χ3v) is 3.01. The predicted octanol–water partition coefficient (Wildman–Crippen LogP) is 2.93. The Labute approximate surface area is 86.8 Å². The molecule has 1 aromatic rings. The summed E-state index contributed by atoms with van der Waals surface area (Å²) in [5.41, 5.74) is 1.21. The van der Waals surface area contributed by atoms with Gasteiger partial charge in [-0.15, -0.1) is 0 Å². The first kappa shape index (κ1) is 9.28. The highest BCUT2D eigenvalue weighted by Crippen LogP contribution is 2.26. The minimum absolute atomic E-state index is 0.726. The molecule has 0 aliphatic heterocycles. The fourth-order valence-corrected chi connectivity index (χ4v) is 2.16. The molecule has 1 aliphatic rings. The zero-order valence-electron chi connectivity index (χ0n) is 7.72. The van der Waals surface area contributed by atoms with Gasteiger partial charge in [0.15, 0.2) is 4.67 Å². The van der Waals surface area contributed by atoms with E-state index in [2.05, 4.69) is 28.2 Å². The average Bonchev–Trinajstić information content (AvgIpc) is 2.43. The van der Waals surface area contributed by atoms with E-state index in [1.807, 2.05) is 6.07 Å². The Morgan fingerprint density at radius 3 is 2.92 bits per heavy atom. The van der Waals surface area contributed by atoms with Crippen LogP contribution in [-0.4, -0.2) is 6.04 Å². The van der Waals surface area contributed by atoms with Crippen LogP contribution in [0.25, 0.3) is 0 Å². The highest BCUT2D eigenvalue weighted by atomic mass is 79.9. The van der Waals surface area contributed by atoms with Gasteiger partial charge in [0.05, 0.1) is 6.26 Å². The van der Waals surface area contributed by atoms with E-state index in [-0.39, 0.29) is 0 Å². The van der Waals surface area contributed by atoms with Crippen molar-refractivity contribution in [2.45, 2.75) is 32.4 Å². The molecule has 1 aliphatic carbocycles. The van der Waals surface area contributed by atoms with Gasteiger partial charge in [-0.1, -0.05) is 6.92 Å². The normalized spacial score (nSPS) is 27.2. The van der Waals surface area contributed by atoms with Crippen LogP contribution in [0.15, 0.2) is 21.4 Å². The van der Waals surface area contributed by atoms with Crippen molar-refractivity contribution in [3.05, 3.63) is 22.6 Å². The summed E-state index contributed by atoms with van der Waals surface area (Å²) in [4.78, 5) is 0. The molecule has 2 rings (SSSR count). The van der Waals surface area contributed by atoms with Gasteiger partial charge in [-0.25, -0.2) is 0 Å². The summed E-state index contributed by atoms with van der Waals surface area (Å²) in [6.07, 6.45) is 4.43. The number of halogens is 1. The second kappa shape index (κ2) is 3.84. The van der Waals surface area contributed by atoms with Crippen LogP contribution < -0.4 is 5.32 Å². The van der Waals surface area contributed by atoms with Gasteiger partial charge in [-0.3, -0.25) is 0 Å². The fraction of sp³-hybridized carbons (Fsp3) is 0.600. The van der Waals surface area contributed by atoms with Crippen molar-refractivity contribution >= 4 is 15.9 Å². The van der Waals surface area contributed by atoms with Crippen LogP contribution in [0.3, 0.4) is 0 Å². The minimum Gasteiger partial charge on any atom is -0.457 e. The molecule has 1 N–H and O–H groups in total. The van der Waals surface area contributed by atoms with Gasteiger partial charge in [0.1, 0.15) is 0 Å². The molecule has 0 saturated heterocycles. The number of hydrogen-bond acceptors (Lipinski definition) is 2. The topological polar surface area (TPSA) is 25.2 Å². The van der Waals surface area contributed by atoms with Crippen molar-refractivity contribution in [2.75, 3.05) is 0 Å². The predicted molar refractivity (Wildman–Crippen MR) is 55.4 cm³/mol. The first-order valence-corrected chi connectivity index (χ1v) is 5.49. The van der Waals surface area contributed by atoms with E-state index in [0.717, 1.165) is 23.2 Å². The Morgan fingerprint density at radius 2 is 2.38 bits per heavy atom. The second-order valence-electron chi connectivity index (χ2n) is 3.91. The summed E-state index contributed by atoms with van der Waals surface area (Å²) in [7, 11) is 0. The smallest absolute Gasteiger partial charge is 0.169 e. The molecular weight excluding hydrogens is 230 g/mol. The number of nitrogens with one attached hydrogen (secondary N) is 1. The number of rotatable bonds is 3. The van der Waals surface area contributed by atoms with E-state index in [1.54, 1.807) is 6.26 Å². The lowest BCUT2D eigenvalue weighted by molar-refractivity contribution is 0.240. The average molecular weight is 244 g/mol. The first-order valence-electron chi connectivity index (χ1n) is 4.70.